The highest BCUT2D eigenvalue weighted by Gasteiger charge is 2.19. The molecule has 114 valence electrons. The maximum atomic E-state index is 12.5. The van der Waals surface area contributed by atoms with Crippen LogP contribution >= 0.6 is 23.2 Å². The average molecular weight is 356 g/mol. The van der Waals surface area contributed by atoms with Crippen molar-refractivity contribution in [2.24, 2.45) is 0 Å². The van der Waals surface area contributed by atoms with E-state index in [-0.39, 0.29) is 9.92 Å². The van der Waals surface area contributed by atoms with Gasteiger partial charge in [-0.3, -0.25) is 9.82 Å². The molecule has 0 fully saturated rings. The van der Waals surface area contributed by atoms with Crippen LogP contribution in [0.5, 0.6) is 0 Å². The molecule has 0 saturated heterocycles. The van der Waals surface area contributed by atoms with Gasteiger partial charge in [0.1, 0.15) is 0 Å². The van der Waals surface area contributed by atoms with Gasteiger partial charge in [0.25, 0.3) is 10.0 Å². The molecule has 2 N–H and O–H groups in total. The zero-order valence-electron chi connectivity index (χ0n) is 11.4. The summed E-state index contributed by atoms with van der Waals surface area (Å²) in [6.07, 6.45) is 1.66. The number of aryl methyl sites for hydroxylation is 1. The number of aromatic nitrogens is 2. The lowest BCUT2D eigenvalue weighted by molar-refractivity contribution is 0.600. The van der Waals surface area contributed by atoms with E-state index in [0.29, 0.717) is 16.3 Å². The fourth-order valence-electron chi connectivity index (χ4n) is 2.13. The number of sulfonamides is 1. The van der Waals surface area contributed by atoms with Gasteiger partial charge in [-0.1, -0.05) is 23.2 Å². The lowest BCUT2D eigenvalue weighted by Gasteiger charge is -2.11. The summed E-state index contributed by atoms with van der Waals surface area (Å²) in [6.45, 7) is 1.66. The standard InChI is InChI=1S/C14H11Cl2N3O2S/c1-8-4-11(15)12(16)6-14(8)22(20,21)19-10-3-2-9-7-17-18-13(9)5-10/h2-7,19H,1H3,(H,17,18). The largest absolute Gasteiger partial charge is 0.280 e. The third kappa shape index (κ3) is 2.77. The van der Waals surface area contributed by atoms with Gasteiger partial charge in [0, 0.05) is 5.39 Å². The number of H-pyrrole nitrogens is 1. The highest BCUT2D eigenvalue weighted by atomic mass is 35.5. The molecular formula is C14H11Cl2N3O2S. The molecule has 0 atom stereocenters. The number of nitrogens with one attached hydrogen (secondary N) is 2. The molecule has 0 saturated carbocycles. The third-order valence-corrected chi connectivity index (χ3v) is 5.45. The third-order valence-electron chi connectivity index (χ3n) is 3.20. The fourth-order valence-corrected chi connectivity index (χ4v) is 3.88. The Morgan fingerprint density at radius 1 is 1.14 bits per heavy atom. The molecule has 3 aromatic rings. The van der Waals surface area contributed by atoms with E-state index in [1.807, 2.05) is 0 Å². The highest BCUT2D eigenvalue weighted by molar-refractivity contribution is 7.92. The molecule has 0 aliphatic rings. The second-order valence-electron chi connectivity index (χ2n) is 4.81. The number of halogens is 2. The van der Waals surface area contributed by atoms with E-state index in [1.165, 1.54) is 12.1 Å². The van der Waals surface area contributed by atoms with Crippen molar-refractivity contribution in [3.63, 3.8) is 0 Å². The van der Waals surface area contributed by atoms with Crippen LogP contribution in [0.3, 0.4) is 0 Å². The maximum absolute atomic E-state index is 12.5. The predicted octanol–water partition coefficient (Wildman–Crippen LogP) is 3.98. The zero-order chi connectivity index (χ0) is 15.9. The molecule has 22 heavy (non-hydrogen) atoms. The van der Waals surface area contributed by atoms with Crippen molar-refractivity contribution >= 4 is 49.8 Å². The summed E-state index contributed by atoms with van der Waals surface area (Å²) < 4.78 is 27.6. The van der Waals surface area contributed by atoms with Crippen molar-refractivity contribution in [1.29, 1.82) is 0 Å². The molecule has 0 aliphatic carbocycles. The predicted molar refractivity (Wildman–Crippen MR) is 88.1 cm³/mol. The normalized spacial score (nSPS) is 11.8. The van der Waals surface area contributed by atoms with E-state index in [2.05, 4.69) is 14.9 Å². The molecule has 1 heterocycles. The van der Waals surface area contributed by atoms with Gasteiger partial charge in [-0.2, -0.15) is 5.10 Å². The molecule has 0 aliphatic heterocycles. The van der Waals surface area contributed by atoms with Gasteiger partial charge >= 0.3 is 0 Å². The molecule has 0 bridgehead atoms. The topological polar surface area (TPSA) is 74.8 Å². The summed E-state index contributed by atoms with van der Waals surface area (Å²) in [7, 11) is -3.76. The minimum absolute atomic E-state index is 0.0895. The number of rotatable bonds is 3. The van der Waals surface area contributed by atoms with Crippen LogP contribution in [0, 0.1) is 6.92 Å². The Morgan fingerprint density at radius 2 is 1.86 bits per heavy atom. The van der Waals surface area contributed by atoms with Crippen LogP contribution < -0.4 is 4.72 Å². The molecule has 0 radical (unpaired) electrons. The Bertz CT molecular complexity index is 967. The lowest BCUT2D eigenvalue weighted by Crippen LogP contribution is -2.14. The Balaban J connectivity index is 2.01. The van der Waals surface area contributed by atoms with Crippen LogP contribution in [0.15, 0.2) is 41.4 Å². The van der Waals surface area contributed by atoms with Gasteiger partial charge < -0.3 is 0 Å². The fraction of sp³-hybridized carbons (Fsp3) is 0.0714. The first-order chi connectivity index (χ1) is 10.4. The van der Waals surface area contributed by atoms with Crippen molar-refractivity contribution in [3.8, 4) is 0 Å². The molecular weight excluding hydrogens is 345 g/mol. The second-order valence-corrected chi connectivity index (χ2v) is 7.27. The van der Waals surface area contributed by atoms with Crippen LogP contribution in [-0.2, 0) is 10.0 Å². The first kappa shape index (κ1) is 15.1. The van der Waals surface area contributed by atoms with E-state index in [4.69, 9.17) is 23.2 Å². The molecule has 0 spiro atoms. The molecule has 8 heteroatoms. The first-order valence-electron chi connectivity index (χ1n) is 6.28. The maximum Gasteiger partial charge on any atom is 0.262 e. The molecule has 0 unspecified atom stereocenters. The number of hydrogen-bond acceptors (Lipinski definition) is 3. The quantitative estimate of drug-likeness (QED) is 0.745. The van der Waals surface area contributed by atoms with E-state index >= 15 is 0 Å². The van der Waals surface area contributed by atoms with Crippen molar-refractivity contribution in [2.75, 3.05) is 4.72 Å². The van der Waals surface area contributed by atoms with Crippen molar-refractivity contribution in [2.45, 2.75) is 11.8 Å². The van der Waals surface area contributed by atoms with Crippen LogP contribution in [0.4, 0.5) is 5.69 Å². The first-order valence-corrected chi connectivity index (χ1v) is 8.52. The molecule has 0 amide bonds. The summed E-state index contributed by atoms with van der Waals surface area (Å²) in [5, 5.41) is 8.09. The van der Waals surface area contributed by atoms with Gasteiger partial charge in [-0.25, -0.2) is 8.42 Å². The minimum Gasteiger partial charge on any atom is -0.280 e. The molecule has 2 aromatic carbocycles. The van der Waals surface area contributed by atoms with Gasteiger partial charge in [-0.15, -0.1) is 0 Å². The number of aromatic amines is 1. The highest BCUT2D eigenvalue weighted by Crippen LogP contribution is 2.29. The Labute approximate surface area is 137 Å². The van der Waals surface area contributed by atoms with Crippen LogP contribution in [0.1, 0.15) is 5.56 Å². The summed E-state index contributed by atoms with van der Waals surface area (Å²) in [5.74, 6) is 0. The Kier molecular flexibility index (Phi) is 3.76. The van der Waals surface area contributed by atoms with E-state index < -0.39 is 10.0 Å². The monoisotopic (exact) mass is 355 g/mol. The second kappa shape index (κ2) is 5.46. The summed E-state index contributed by atoms with van der Waals surface area (Å²) >= 11 is 11.8. The molecule has 5 nitrogen and oxygen atoms in total. The van der Waals surface area contributed by atoms with E-state index in [9.17, 15) is 8.42 Å². The average Bonchev–Trinajstić information content (AvgIpc) is 2.89. The number of nitrogens with zero attached hydrogens (tertiary/aromatic N) is 1. The van der Waals surface area contributed by atoms with Crippen LogP contribution in [0.2, 0.25) is 10.0 Å². The lowest BCUT2D eigenvalue weighted by atomic mass is 10.2. The van der Waals surface area contributed by atoms with E-state index in [1.54, 1.807) is 31.3 Å². The Hall–Kier alpha value is -1.76. The van der Waals surface area contributed by atoms with Crippen molar-refractivity contribution < 1.29 is 8.42 Å². The van der Waals surface area contributed by atoms with Gasteiger partial charge in [0.05, 0.1) is 32.3 Å². The SMILES string of the molecule is Cc1cc(Cl)c(Cl)cc1S(=O)(=O)Nc1ccc2cn[nH]c2c1. The van der Waals surface area contributed by atoms with Gasteiger partial charge in [-0.05, 0) is 42.8 Å². The van der Waals surface area contributed by atoms with Gasteiger partial charge in [0.2, 0.25) is 0 Å². The minimum atomic E-state index is -3.76. The number of anilines is 1. The summed E-state index contributed by atoms with van der Waals surface area (Å²) in [5.41, 5.74) is 1.69. The number of benzene rings is 2. The van der Waals surface area contributed by atoms with Crippen LogP contribution in [0.25, 0.3) is 10.9 Å². The van der Waals surface area contributed by atoms with E-state index in [0.717, 1.165) is 10.9 Å². The zero-order valence-corrected chi connectivity index (χ0v) is 13.7. The van der Waals surface area contributed by atoms with Crippen molar-refractivity contribution in [3.05, 3.63) is 52.1 Å². The Morgan fingerprint density at radius 3 is 2.64 bits per heavy atom. The van der Waals surface area contributed by atoms with Crippen LogP contribution in [-0.4, -0.2) is 18.6 Å². The summed E-state index contributed by atoms with van der Waals surface area (Å²) in [6, 6.07) is 7.99. The van der Waals surface area contributed by atoms with Gasteiger partial charge in [0.15, 0.2) is 0 Å². The molecule has 3 rings (SSSR count). The molecule has 1 aromatic heterocycles. The summed E-state index contributed by atoms with van der Waals surface area (Å²) in [4.78, 5) is 0.0895. The smallest absolute Gasteiger partial charge is 0.262 e. The number of fused-ring (bicyclic) bond motifs is 1. The van der Waals surface area contributed by atoms with Crippen molar-refractivity contribution in [1.82, 2.24) is 10.2 Å². The number of hydrogen-bond donors (Lipinski definition) is 2.